The van der Waals surface area contributed by atoms with Crippen LogP contribution in [-0.4, -0.2) is 38.0 Å². The Hall–Kier alpha value is -0.120. The SMILES string of the molecule is C[C@H]1OCC[C@H]1NC1CCCOCC1. The Morgan fingerprint density at radius 1 is 1.07 bits per heavy atom. The molecular formula is C11H21NO2. The highest BCUT2D eigenvalue weighted by atomic mass is 16.5. The minimum absolute atomic E-state index is 0.388. The predicted molar refractivity (Wildman–Crippen MR) is 55.4 cm³/mol. The number of hydrogen-bond acceptors (Lipinski definition) is 3. The van der Waals surface area contributed by atoms with Crippen LogP contribution in [0.1, 0.15) is 32.6 Å². The number of hydrogen-bond donors (Lipinski definition) is 1. The maximum atomic E-state index is 5.54. The van der Waals surface area contributed by atoms with E-state index < -0.39 is 0 Å². The smallest absolute Gasteiger partial charge is 0.0700 e. The van der Waals surface area contributed by atoms with Crippen LogP contribution in [0, 0.1) is 0 Å². The summed E-state index contributed by atoms with van der Waals surface area (Å²) < 4.78 is 11.0. The lowest BCUT2D eigenvalue weighted by atomic mass is 10.1. The lowest BCUT2D eigenvalue weighted by Crippen LogP contribution is -2.42. The van der Waals surface area contributed by atoms with E-state index in [1.54, 1.807) is 0 Å². The minimum Gasteiger partial charge on any atom is -0.381 e. The highest BCUT2D eigenvalue weighted by Gasteiger charge is 2.26. The van der Waals surface area contributed by atoms with Gasteiger partial charge in [0.1, 0.15) is 0 Å². The fraction of sp³-hybridized carbons (Fsp3) is 1.00. The standard InChI is InChI=1S/C11H21NO2/c1-9-11(5-8-14-9)12-10-3-2-6-13-7-4-10/h9-12H,2-8H2,1H3/t9-,10?,11-/m1/s1. The first-order valence-corrected chi connectivity index (χ1v) is 5.81. The molecule has 0 aromatic rings. The van der Waals surface area contributed by atoms with Crippen LogP contribution in [0.2, 0.25) is 0 Å². The molecule has 3 atom stereocenters. The van der Waals surface area contributed by atoms with Gasteiger partial charge in [0, 0.05) is 31.9 Å². The van der Waals surface area contributed by atoms with Crippen molar-refractivity contribution in [2.24, 2.45) is 0 Å². The second-order valence-electron chi connectivity index (χ2n) is 4.38. The average molecular weight is 199 g/mol. The molecule has 1 N–H and O–H groups in total. The molecule has 0 aliphatic carbocycles. The number of ether oxygens (including phenoxy) is 2. The highest BCUT2D eigenvalue weighted by molar-refractivity contribution is 4.83. The van der Waals surface area contributed by atoms with Gasteiger partial charge in [-0.15, -0.1) is 0 Å². The summed E-state index contributed by atoms with van der Waals surface area (Å²) >= 11 is 0. The molecule has 2 saturated heterocycles. The van der Waals surface area contributed by atoms with Crippen LogP contribution >= 0.6 is 0 Å². The average Bonchev–Trinajstić information content (AvgIpc) is 2.44. The Bertz CT molecular complexity index is 167. The molecule has 0 aromatic carbocycles. The first-order chi connectivity index (χ1) is 6.86. The molecule has 2 aliphatic heterocycles. The number of rotatable bonds is 2. The van der Waals surface area contributed by atoms with Gasteiger partial charge in [0.05, 0.1) is 6.10 Å². The van der Waals surface area contributed by atoms with E-state index in [1.807, 2.05) is 0 Å². The van der Waals surface area contributed by atoms with Crippen molar-refractivity contribution in [2.75, 3.05) is 19.8 Å². The Balaban J connectivity index is 1.77. The third-order valence-electron chi connectivity index (χ3n) is 3.28. The van der Waals surface area contributed by atoms with Crippen molar-refractivity contribution in [3.8, 4) is 0 Å². The van der Waals surface area contributed by atoms with Crippen LogP contribution in [0.3, 0.4) is 0 Å². The molecule has 0 saturated carbocycles. The maximum absolute atomic E-state index is 5.54. The molecule has 3 heteroatoms. The lowest BCUT2D eigenvalue weighted by Gasteiger charge is -2.23. The van der Waals surface area contributed by atoms with Gasteiger partial charge in [-0.2, -0.15) is 0 Å². The first-order valence-electron chi connectivity index (χ1n) is 5.81. The molecule has 14 heavy (non-hydrogen) atoms. The maximum Gasteiger partial charge on any atom is 0.0700 e. The van der Waals surface area contributed by atoms with E-state index in [1.165, 1.54) is 19.3 Å². The van der Waals surface area contributed by atoms with E-state index >= 15 is 0 Å². The zero-order valence-corrected chi connectivity index (χ0v) is 9.00. The van der Waals surface area contributed by atoms with Crippen LogP contribution in [-0.2, 0) is 9.47 Å². The summed E-state index contributed by atoms with van der Waals surface area (Å²) in [5, 5.41) is 3.70. The van der Waals surface area contributed by atoms with Crippen LogP contribution in [0.4, 0.5) is 0 Å². The minimum atomic E-state index is 0.388. The first kappa shape index (κ1) is 10.4. The van der Waals surface area contributed by atoms with Gasteiger partial charge < -0.3 is 14.8 Å². The number of nitrogens with one attached hydrogen (secondary N) is 1. The van der Waals surface area contributed by atoms with Crippen LogP contribution in [0.25, 0.3) is 0 Å². The molecule has 3 nitrogen and oxygen atoms in total. The van der Waals surface area contributed by atoms with Gasteiger partial charge >= 0.3 is 0 Å². The topological polar surface area (TPSA) is 30.5 Å². The molecule has 2 fully saturated rings. The summed E-state index contributed by atoms with van der Waals surface area (Å²) in [6.07, 6.45) is 5.16. The molecule has 1 unspecified atom stereocenters. The zero-order chi connectivity index (χ0) is 9.80. The van der Waals surface area contributed by atoms with Gasteiger partial charge in [-0.05, 0) is 32.6 Å². The fourth-order valence-corrected chi connectivity index (χ4v) is 2.32. The summed E-state index contributed by atoms with van der Waals surface area (Å²) in [6.45, 7) is 4.94. The molecule has 2 aliphatic rings. The third kappa shape index (κ3) is 2.69. The predicted octanol–water partition coefficient (Wildman–Crippen LogP) is 1.32. The van der Waals surface area contributed by atoms with E-state index in [4.69, 9.17) is 9.47 Å². The Morgan fingerprint density at radius 3 is 2.79 bits per heavy atom. The quantitative estimate of drug-likeness (QED) is 0.727. The molecule has 0 amide bonds. The van der Waals surface area contributed by atoms with Crippen molar-refractivity contribution in [1.29, 1.82) is 0 Å². The van der Waals surface area contributed by atoms with Gasteiger partial charge in [-0.3, -0.25) is 0 Å². The van der Waals surface area contributed by atoms with Crippen molar-refractivity contribution in [3.05, 3.63) is 0 Å². The van der Waals surface area contributed by atoms with Crippen LogP contribution in [0.15, 0.2) is 0 Å². The molecule has 2 heterocycles. The largest absolute Gasteiger partial charge is 0.381 e. The van der Waals surface area contributed by atoms with Crippen molar-refractivity contribution in [3.63, 3.8) is 0 Å². The summed E-state index contributed by atoms with van der Waals surface area (Å²) in [4.78, 5) is 0. The fourth-order valence-electron chi connectivity index (χ4n) is 2.32. The van der Waals surface area contributed by atoms with Gasteiger partial charge in [-0.1, -0.05) is 0 Å². The molecule has 0 spiro atoms. The van der Waals surface area contributed by atoms with Crippen molar-refractivity contribution < 1.29 is 9.47 Å². The van der Waals surface area contributed by atoms with Crippen molar-refractivity contribution in [1.82, 2.24) is 5.32 Å². The lowest BCUT2D eigenvalue weighted by molar-refractivity contribution is 0.109. The van der Waals surface area contributed by atoms with Gasteiger partial charge in [0.15, 0.2) is 0 Å². The second-order valence-corrected chi connectivity index (χ2v) is 4.38. The second kappa shape index (κ2) is 5.10. The van der Waals surface area contributed by atoms with Gasteiger partial charge in [-0.25, -0.2) is 0 Å². The van der Waals surface area contributed by atoms with E-state index in [2.05, 4.69) is 12.2 Å². The molecule has 0 aromatic heterocycles. The summed E-state index contributed by atoms with van der Waals surface area (Å²) in [6, 6.07) is 1.21. The Morgan fingerprint density at radius 2 is 2.00 bits per heavy atom. The molecular weight excluding hydrogens is 178 g/mol. The zero-order valence-electron chi connectivity index (χ0n) is 9.00. The summed E-state index contributed by atoms with van der Waals surface area (Å²) in [5.41, 5.74) is 0. The van der Waals surface area contributed by atoms with Gasteiger partial charge in [0.2, 0.25) is 0 Å². The Labute approximate surface area is 86.2 Å². The van der Waals surface area contributed by atoms with E-state index in [9.17, 15) is 0 Å². The van der Waals surface area contributed by atoms with Gasteiger partial charge in [0.25, 0.3) is 0 Å². The summed E-state index contributed by atoms with van der Waals surface area (Å²) in [7, 11) is 0. The monoisotopic (exact) mass is 199 g/mol. The summed E-state index contributed by atoms with van der Waals surface area (Å²) in [5.74, 6) is 0. The molecule has 0 bridgehead atoms. The van der Waals surface area contributed by atoms with Crippen molar-refractivity contribution in [2.45, 2.75) is 50.8 Å². The van der Waals surface area contributed by atoms with Crippen LogP contribution in [0.5, 0.6) is 0 Å². The third-order valence-corrected chi connectivity index (χ3v) is 3.28. The van der Waals surface area contributed by atoms with Crippen LogP contribution < -0.4 is 5.32 Å². The molecule has 82 valence electrons. The van der Waals surface area contributed by atoms with Crippen molar-refractivity contribution >= 4 is 0 Å². The van der Waals surface area contributed by atoms with E-state index in [0.717, 1.165) is 26.2 Å². The highest BCUT2D eigenvalue weighted by Crippen LogP contribution is 2.16. The van der Waals surface area contributed by atoms with E-state index in [-0.39, 0.29) is 0 Å². The normalized spacial score (nSPS) is 39.6. The molecule has 0 radical (unpaired) electrons. The Kier molecular flexibility index (Phi) is 3.79. The van der Waals surface area contributed by atoms with E-state index in [0.29, 0.717) is 18.2 Å². The molecule has 2 rings (SSSR count).